The molecule has 1 saturated heterocycles. The summed E-state index contributed by atoms with van der Waals surface area (Å²) in [5, 5.41) is 2.85. The van der Waals surface area contributed by atoms with Gasteiger partial charge < -0.3 is 14.8 Å². The number of carbonyl (C=O) groups excluding carboxylic acids is 3. The summed E-state index contributed by atoms with van der Waals surface area (Å²) < 4.78 is 10.6. The highest BCUT2D eigenvalue weighted by Gasteiger charge is 2.67. The Morgan fingerprint density at radius 1 is 0.939 bits per heavy atom. The number of anilines is 2. The highest BCUT2D eigenvalue weighted by Crippen LogP contribution is 2.65. The molecule has 3 fully saturated rings. The van der Waals surface area contributed by atoms with Gasteiger partial charge in [-0.1, -0.05) is 24.3 Å². The molecule has 168 valence electrons. The quantitative estimate of drug-likeness (QED) is 0.564. The molecule has 0 spiro atoms. The normalized spacial score (nSPS) is 30.7. The van der Waals surface area contributed by atoms with Crippen LogP contribution in [0.1, 0.15) is 16.8 Å². The van der Waals surface area contributed by atoms with Crippen molar-refractivity contribution in [3.8, 4) is 11.5 Å². The van der Waals surface area contributed by atoms with E-state index in [1.807, 2.05) is 0 Å². The van der Waals surface area contributed by atoms with E-state index in [1.54, 1.807) is 49.6 Å². The van der Waals surface area contributed by atoms with Crippen molar-refractivity contribution < 1.29 is 23.9 Å². The fraction of sp³-hybridized carbons (Fsp3) is 0.346. The van der Waals surface area contributed by atoms with Crippen LogP contribution in [0.5, 0.6) is 11.5 Å². The lowest BCUT2D eigenvalue weighted by Gasteiger charge is -2.37. The number of rotatable bonds is 5. The van der Waals surface area contributed by atoms with Gasteiger partial charge in [-0.15, -0.1) is 0 Å². The number of carbonyl (C=O) groups is 3. The maximum absolute atomic E-state index is 13.5. The van der Waals surface area contributed by atoms with Crippen LogP contribution in [0.15, 0.2) is 54.6 Å². The zero-order chi connectivity index (χ0) is 22.9. The van der Waals surface area contributed by atoms with E-state index in [2.05, 4.69) is 17.5 Å². The van der Waals surface area contributed by atoms with Crippen LogP contribution in [-0.2, 0) is 9.59 Å². The summed E-state index contributed by atoms with van der Waals surface area (Å²) >= 11 is 0. The van der Waals surface area contributed by atoms with E-state index in [0.29, 0.717) is 34.7 Å². The van der Waals surface area contributed by atoms with Crippen LogP contribution in [0, 0.1) is 35.5 Å². The second kappa shape index (κ2) is 7.20. The third-order valence-electron chi connectivity index (χ3n) is 7.71. The molecular weight excluding hydrogens is 420 g/mol. The van der Waals surface area contributed by atoms with Crippen molar-refractivity contribution in [3.63, 3.8) is 0 Å². The van der Waals surface area contributed by atoms with E-state index in [0.717, 1.165) is 6.42 Å². The van der Waals surface area contributed by atoms with Crippen molar-refractivity contribution in [2.45, 2.75) is 6.42 Å². The molecule has 2 aromatic carbocycles. The molecule has 33 heavy (non-hydrogen) atoms. The molecule has 2 aromatic rings. The van der Waals surface area contributed by atoms with Crippen molar-refractivity contribution >= 4 is 29.1 Å². The minimum absolute atomic E-state index is 0.133. The highest BCUT2D eigenvalue weighted by atomic mass is 16.5. The Hall–Kier alpha value is -3.61. The molecule has 0 unspecified atom stereocenters. The molecule has 7 rings (SSSR count). The molecule has 0 radical (unpaired) electrons. The number of allylic oxidation sites excluding steroid dienone is 2. The third kappa shape index (κ3) is 2.84. The molecule has 3 amide bonds. The van der Waals surface area contributed by atoms with E-state index in [-0.39, 0.29) is 41.0 Å². The topological polar surface area (TPSA) is 84.9 Å². The van der Waals surface area contributed by atoms with Crippen LogP contribution in [0.3, 0.4) is 0 Å². The van der Waals surface area contributed by atoms with Crippen molar-refractivity contribution in [2.24, 2.45) is 35.5 Å². The average molecular weight is 444 g/mol. The van der Waals surface area contributed by atoms with Crippen LogP contribution in [0.2, 0.25) is 0 Å². The van der Waals surface area contributed by atoms with Crippen LogP contribution in [-0.4, -0.2) is 31.9 Å². The zero-order valence-electron chi connectivity index (χ0n) is 18.4. The Kier molecular flexibility index (Phi) is 4.37. The van der Waals surface area contributed by atoms with Gasteiger partial charge in [0.25, 0.3) is 5.91 Å². The molecule has 1 N–H and O–H groups in total. The van der Waals surface area contributed by atoms with Crippen molar-refractivity contribution in [2.75, 3.05) is 24.4 Å². The van der Waals surface area contributed by atoms with Crippen molar-refractivity contribution in [3.05, 3.63) is 60.2 Å². The van der Waals surface area contributed by atoms with Gasteiger partial charge in [-0.25, -0.2) is 4.90 Å². The zero-order valence-corrected chi connectivity index (χ0v) is 18.4. The summed E-state index contributed by atoms with van der Waals surface area (Å²) in [6.45, 7) is 0. The monoisotopic (exact) mass is 444 g/mol. The van der Waals surface area contributed by atoms with Gasteiger partial charge >= 0.3 is 0 Å². The number of hydrogen-bond acceptors (Lipinski definition) is 5. The Bertz CT molecular complexity index is 1180. The Balaban J connectivity index is 1.34. The summed E-state index contributed by atoms with van der Waals surface area (Å²) in [4.78, 5) is 41.6. The maximum Gasteiger partial charge on any atom is 0.257 e. The number of hydrogen-bond donors (Lipinski definition) is 1. The molecule has 1 heterocycles. The van der Waals surface area contributed by atoms with Gasteiger partial charge in [0.2, 0.25) is 11.8 Å². The number of nitrogens with zero attached hydrogens (tertiary/aromatic N) is 1. The van der Waals surface area contributed by atoms with E-state index >= 15 is 0 Å². The Morgan fingerprint density at radius 3 is 2.24 bits per heavy atom. The first-order valence-electron chi connectivity index (χ1n) is 11.2. The van der Waals surface area contributed by atoms with Gasteiger partial charge in [0.05, 0.1) is 43.0 Å². The summed E-state index contributed by atoms with van der Waals surface area (Å²) in [6.07, 6.45) is 5.39. The molecule has 7 heteroatoms. The average Bonchev–Trinajstić information content (AvgIpc) is 3.62. The summed E-state index contributed by atoms with van der Waals surface area (Å²) in [5.74, 6) is 0.921. The first kappa shape index (κ1) is 20.0. The predicted octanol–water partition coefficient (Wildman–Crippen LogP) is 3.51. The van der Waals surface area contributed by atoms with Gasteiger partial charge in [-0.2, -0.15) is 0 Å². The van der Waals surface area contributed by atoms with Gasteiger partial charge in [-0.3, -0.25) is 14.4 Å². The van der Waals surface area contributed by atoms with Crippen molar-refractivity contribution in [1.29, 1.82) is 0 Å². The fourth-order valence-electron chi connectivity index (χ4n) is 6.16. The fourth-order valence-corrected chi connectivity index (χ4v) is 6.16. The molecule has 1 aliphatic heterocycles. The summed E-state index contributed by atoms with van der Waals surface area (Å²) in [6, 6.07) is 11.9. The second-order valence-electron chi connectivity index (χ2n) is 9.20. The predicted molar refractivity (Wildman–Crippen MR) is 121 cm³/mol. The lowest BCUT2D eigenvalue weighted by atomic mass is 9.63. The molecule has 2 saturated carbocycles. The van der Waals surface area contributed by atoms with Crippen molar-refractivity contribution in [1.82, 2.24) is 0 Å². The molecule has 5 aliphatic rings. The molecular formula is C26H24N2O5. The lowest BCUT2D eigenvalue weighted by molar-refractivity contribution is -0.124. The van der Waals surface area contributed by atoms with Crippen LogP contribution < -0.4 is 19.7 Å². The van der Waals surface area contributed by atoms with E-state index in [1.165, 1.54) is 12.0 Å². The number of nitrogens with one attached hydrogen (secondary N) is 1. The summed E-state index contributed by atoms with van der Waals surface area (Å²) in [7, 11) is 3.06. The van der Waals surface area contributed by atoms with E-state index < -0.39 is 5.91 Å². The largest absolute Gasteiger partial charge is 0.497 e. The third-order valence-corrected chi connectivity index (χ3v) is 7.71. The molecule has 7 nitrogen and oxygen atoms in total. The standard InChI is InChI=1S/C26H24N2O5/c1-32-13-7-10-21(33-2)19(11-13)27-24(29)16-5-3-4-6-20(16)28-25(30)22-14-8-9-15(18-12-17(14)18)23(22)26(28)31/h3-11,14-15,17-18,22-23H,12H2,1-2H3,(H,27,29)/t14-,15-,17-,18+,22+,23-/m1/s1. The second-order valence-corrected chi connectivity index (χ2v) is 9.20. The smallest absolute Gasteiger partial charge is 0.257 e. The molecule has 0 aromatic heterocycles. The Labute approximate surface area is 191 Å². The van der Waals surface area contributed by atoms with Crippen LogP contribution in [0.25, 0.3) is 0 Å². The highest BCUT2D eigenvalue weighted by molar-refractivity contribution is 6.25. The first-order chi connectivity index (χ1) is 16.0. The maximum atomic E-state index is 13.5. The minimum Gasteiger partial charge on any atom is -0.497 e. The van der Waals surface area contributed by atoms with Gasteiger partial charge in [0.15, 0.2) is 0 Å². The number of para-hydroxylation sites is 1. The minimum atomic E-state index is -0.434. The molecule has 6 atom stereocenters. The number of amides is 3. The first-order valence-corrected chi connectivity index (χ1v) is 11.2. The number of ether oxygens (including phenoxy) is 2. The number of imide groups is 1. The number of methoxy groups -OCH3 is 2. The van der Waals surface area contributed by atoms with E-state index in [4.69, 9.17) is 9.47 Å². The van der Waals surface area contributed by atoms with Gasteiger partial charge in [0, 0.05) is 6.07 Å². The summed E-state index contributed by atoms with van der Waals surface area (Å²) in [5.41, 5.74) is 1.02. The molecule has 2 bridgehead atoms. The van der Waals surface area contributed by atoms with Crippen LogP contribution in [0.4, 0.5) is 11.4 Å². The SMILES string of the molecule is COc1ccc(OC)c(NC(=O)c2ccccc2N2C(=O)[C@@H]3[C@@H]4C=C[C@H]([C@H]5C[C@@H]45)[C@@H]3C2=O)c1. The van der Waals surface area contributed by atoms with E-state index in [9.17, 15) is 14.4 Å². The van der Waals surface area contributed by atoms with Gasteiger partial charge in [-0.05, 0) is 54.4 Å². The molecule has 4 aliphatic carbocycles. The lowest BCUT2D eigenvalue weighted by Crippen LogP contribution is -2.40. The van der Waals surface area contributed by atoms with Crippen LogP contribution >= 0.6 is 0 Å². The van der Waals surface area contributed by atoms with Gasteiger partial charge in [0.1, 0.15) is 11.5 Å². The number of benzene rings is 2. The Morgan fingerprint density at radius 2 is 1.61 bits per heavy atom.